The average Bonchev–Trinajstić information content (AvgIpc) is 2.39. The third-order valence-corrected chi connectivity index (χ3v) is 2.53. The summed E-state index contributed by atoms with van der Waals surface area (Å²) in [6.07, 6.45) is 0. The number of ether oxygens (including phenoxy) is 1. The zero-order valence-corrected chi connectivity index (χ0v) is 11.1. The topological polar surface area (TPSA) is 93.4 Å². The second-order valence-electron chi connectivity index (χ2n) is 4.09. The molecule has 0 spiro atoms. The number of nitrogens with one attached hydrogen (secondary N) is 2. The summed E-state index contributed by atoms with van der Waals surface area (Å²) >= 11 is 0. The Labute approximate surface area is 112 Å². The minimum absolute atomic E-state index is 0.137. The fourth-order valence-electron chi connectivity index (χ4n) is 1.51. The molecule has 104 valence electrons. The van der Waals surface area contributed by atoms with Crippen molar-refractivity contribution in [1.82, 2.24) is 5.32 Å². The van der Waals surface area contributed by atoms with Gasteiger partial charge in [0.2, 0.25) is 11.8 Å². The van der Waals surface area contributed by atoms with E-state index in [0.717, 1.165) is 0 Å². The largest absolute Gasteiger partial charge is 0.383 e. The maximum Gasteiger partial charge on any atom is 0.248 e. The molecule has 19 heavy (non-hydrogen) atoms. The lowest BCUT2D eigenvalue weighted by Crippen LogP contribution is -2.39. The first-order valence-corrected chi connectivity index (χ1v) is 5.97. The van der Waals surface area contributed by atoms with Crippen molar-refractivity contribution in [3.8, 4) is 0 Å². The highest BCUT2D eigenvalue weighted by Gasteiger charge is 2.12. The Hall–Kier alpha value is -2.08. The van der Waals surface area contributed by atoms with Crippen molar-refractivity contribution in [2.24, 2.45) is 5.73 Å². The summed E-state index contributed by atoms with van der Waals surface area (Å²) in [6.45, 7) is 2.66. The predicted molar refractivity (Wildman–Crippen MR) is 72.9 cm³/mol. The van der Waals surface area contributed by atoms with E-state index in [1.807, 2.05) is 0 Å². The molecule has 0 aliphatic heterocycles. The summed E-state index contributed by atoms with van der Waals surface area (Å²) in [4.78, 5) is 22.8. The second kappa shape index (κ2) is 7.38. The molecule has 0 bridgehead atoms. The van der Waals surface area contributed by atoms with Gasteiger partial charge in [0.1, 0.15) is 6.04 Å². The van der Waals surface area contributed by atoms with Gasteiger partial charge < -0.3 is 21.1 Å². The molecule has 1 aromatic carbocycles. The van der Waals surface area contributed by atoms with Crippen LogP contribution in [-0.4, -0.2) is 38.1 Å². The monoisotopic (exact) mass is 265 g/mol. The average molecular weight is 265 g/mol. The number of benzene rings is 1. The van der Waals surface area contributed by atoms with Crippen molar-refractivity contribution in [2.75, 3.05) is 25.6 Å². The number of rotatable bonds is 7. The summed E-state index contributed by atoms with van der Waals surface area (Å²) in [7, 11) is 1.57. The van der Waals surface area contributed by atoms with E-state index in [-0.39, 0.29) is 5.91 Å². The normalized spacial score (nSPS) is 11.7. The van der Waals surface area contributed by atoms with Crippen molar-refractivity contribution in [2.45, 2.75) is 13.0 Å². The van der Waals surface area contributed by atoms with Gasteiger partial charge in [0.15, 0.2) is 0 Å². The maximum absolute atomic E-state index is 11.7. The molecule has 1 atom stereocenters. The Bertz CT molecular complexity index is 449. The highest BCUT2D eigenvalue weighted by atomic mass is 16.5. The smallest absolute Gasteiger partial charge is 0.248 e. The van der Waals surface area contributed by atoms with Gasteiger partial charge in [0, 0.05) is 24.9 Å². The first-order valence-electron chi connectivity index (χ1n) is 5.97. The number of hydrogen-bond acceptors (Lipinski definition) is 4. The number of methoxy groups -OCH3 is 1. The summed E-state index contributed by atoms with van der Waals surface area (Å²) in [6, 6.07) is 6.29. The van der Waals surface area contributed by atoms with E-state index in [2.05, 4.69) is 10.6 Å². The number of hydrogen-bond donors (Lipinski definition) is 3. The molecule has 0 fully saturated rings. The number of amides is 2. The van der Waals surface area contributed by atoms with Gasteiger partial charge in [-0.2, -0.15) is 0 Å². The van der Waals surface area contributed by atoms with Crippen LogP contribution in [0.25, 0.3) is 0 Å². The molecule has 0 aromatic heterocycles. The Morgan fingerprint density at radius 3 is 2.79 bits per heavy atom. The van der Waals surface area contributed by atoms with Crippen molar-refractivity contribution >= 4 is 17.5 Å². The van der Waals surface area contributed by atoms with Gasteiger partial charge in [-0.1, -0.05) is 6.07 Å². The van der Waals surface area contributed by atoms with Gasteiger partial charge in [-0.15, -0.1) is 0 Å². The van der Waals surface area contributed by atoms with Gasteiger partial charge in [-0.05, 0) is 25.1 Å². The molecule has 6 nitrogen and oxygen atoms in total. The van der Waals surface area contributed by atoms with Crippen LogP contribution in [0.3, 0.4) is 0 Å². The molecule has 4 N–H and O–H groups in total. The van der Waals surface area contributed by atoms with E-state index in [1.54, 1.807) is 38.3 Å². The quantitative estimate of drug-likeness (QED) is 0.620. The van der Waals surface area contributed by atoms with E-state index < -0.39 is 11.9 Å². The van der Waals surface area contributed by atoms with Crippen LogP contribution in [0, 0.1) is 0 Å². The Morgan fingerprint density at radius 2 is 2.16 bits per heavy atom. The fraction of sp³-hybridized carbons (Fsp3) is 0.385. The zero-order valence-electron chi connectivity index (χ0n) is 11.1. The molecule has 0 aliphatic rings. The number of primary amides is 1. The molecule has 1 rings (SSSR count). The Balaban J connectivity index is 2.56. The fourth-order valence-corrected chi connectivity index (χ4v) is 1.51. The molecular weight excluding hydrogens is 246 g/mol. The SMILES string of the molecule is COCCNC(=O)C(C)Nc1cccc(C(N)=O)c1. The molecule has 0 saturated heterocycles. The van der Waals surface area contributed by atoms with Crippen molar-refractivity contribution in [3.05, 3.63) is 29.8 Å². The molecule has 0 heterocycles. The highest BCUT2D eigenvalue weighted by molar-refractivity contribution is 5.94. The van der Waals surface area contributed by atoms with Gasteiger partial charge in [0.25, 0.3) is 0 Å². The van der Waals surface area contributed by atoms with E-state index >= 15 is 0 Å². The third kappa shape index (κ3) is 4.97. The van der Waals surface area contributed by atoms with Crippen LogP contribution < -0.4 is 16.4 Å². The van der Waals surface area contributed by atoms with Crippen LogP contribution in [0.15, 0.2) is 24.3 Å². The highest BCUT2D eigenvalue weighted by Crippen LogP contribution is 2.11. The van der Waals surface area contributed by atoms with Crippen molar-refractivity contribution in [1.29, 1.82) is 0 Å². The lowest BCUT2D eigenvalue weighted by Gasteiger charge is -2.15. The zero-order chi connectivity index (χ0) is 14.3. The van der Waals surface area contributed by atoms with Crippen LogP contribution in [0.1, 0.15) is 17.3 Å². The lowest BCUT2D eigenvalue weighted by atomic mass is 10.2. The van der Waals surface area contributed by atoms with Gasteiger partial charge in [-0.25, -0.2) is 0 Å². The van der Waals surface area contributed by atoms with Gasteiger partial charge in [0.05, 0.1) is 6.61 Å². The number of nitrogens with two attached hydrogens (primary N) is 1. The second-order valence-corrected chi connectivity index (χ2v) is 4.09. The van der Waals surface area contributed by atoms with Gasteiger partial charge >= 0.3 is 0 Å². The summed E-state index contributed by atoms with van der Waals surface area (Å²) in [5.74, 6) is -0.637. The van der Waals surface area contributed by atoms with Crippen LogP contribution >= 0.6 is 0 Å². The number of carbonyl (C=O) groups is 2. The Morgan fingerprint density at radius 1 is 1.42 bits per heavy atom. The van der Waals surface area contributed by atoms with Crippen molar-refractivity contribution in [3.63, 3.8) is 0 Å². The molecule has 0 saturated carbocycles. The van der Waals surface area contributed by atoms with Crippen LogP contribution in [0.5, 0.6) is 0 Å². The van der Waals surface area contributed by atoms with Crippen LogP contribution in [0.4, 0.5) is 5.69 Å². The minimum Gasteiger partial charge on any atom is -0.383 e. The van der Waals surface area contributed by atoms with E-state index in [0.29, 0.717) is 24.4 Å². The summed E-state index contributed by atoms with van der Waals surface area (Å²) < 4.78 is 4.85. The van der Waals surface area contributed by atoms with E-state index in [4.69, 9.17) is 10.5 Å². The summed E-state index contributed by atoms with van der Waals surface area (Å²) in [5, 5.41) is 5.73. The predicted octanol–water partition coefficient (Wildman–Crippen LogP) is 0.348. The maximum atomic E-state index is 11.7. The lowest BCUT2D eigenvalue weighted by molar-refractivity contribution is -0.121. The summed E-state index contributed by atoms with van der Waals surface area (Å²) in [5.41, 5.74) is 6.27. The van der Waals surface area contributed by atoms with E-state index in [1.165, 1.54) is 0 Å². The Kier molecular flexibility index (Phi) is 5.81. The number of anilines is 1. The molecule has 0 radical (unpaired) electrons. The first kappa shape index (κ1) is 15.0. The van der Waals surface area contributed by atoms with Crippen LogP contribution in [0.2, 0.25) is 0 Å². The first-order chi connectivity index (χ1) is 9.04. The minimum atomic E-state index is -0.499. The molecule has 1 unspecified atom stereocenters. The molecule has 0 aliphatic carbocycles. The molecule has 2 amide bonds. The molecular formula is C13H19N3O3. The van der Waals surface area contributed by atoms with Gasteiger partial charge in [-0.3, -0.25) is 9.59 Å². The number of carbonyl (C=O) groups excluding carboxylic acids is 2. The molecule has 1 aromatic rings. The standard InChI is InChI=1S/C13H19N3O3/c1-9(13(18)15-6-7-19-2)16-11-5-3-4-10(8-11)12(14)17/h3-5,8-9,16H,6-7H2,1-2H3,(H2,14,17)(H,15,18). The molecule has 6 heteroatoms. The van der Waals surface area contributed by atoms with Crippen molar-refractivity contribution < 1.29 is 14.3 Å². The third-order valence-electron chi connectivity index (χ3n) is 2.53. The van der Waals surface area contributed by atoms with Crippen LogP contribution in [-0.2, 0) is 9.53 Å². The van der Waals surface area contributed by atoms with E-state index in [9.17, 15) is 9.59 Å².